The molecule has 98 valence electrons. The Morgan fingerprint density at radius 3 is 2.44 bits per heavy atom. The predicted molar refractivity (Wildman–Crippen MR) is 65.0 cm³/mol. The van der Waals surface area contributed by atoms with E-state index in [2.05, 4.69) is 10.6 Å². The second-order valence-corrected chi connectivity index (χ2v) is 4.49. The van der Waals surface area contributed by atoms with Gasteiger partial charge in [0.2, 0.25) is 0 Å². The molecule has 0 heterocycles. The molecule has 0 radical (unpaired) electrons. The van der Waals surface area contributed by atoms with Gasteiger partial charge in [-0.05, 0) is 38.5 Å². The van der Waals surface area contributed by atoms with Crippen LogP contribution in [0.5, 0.6) is 0 Å². The van der Waals surface area contributed by atoms with Crippen molar-refractivity contribution in [2.45, 2.75) is 26.3 Å². The number of hydrogen-bond donors (Lipinski definition) is 3. The maximum Gasteiger partial charge on any atom is 0.328 e. The van der Waals surface area contributed by atoms with Gasteiger partial charge >= 0.3 is 12.0 Å². The Kier molecular flexibility index (Phi) is 3.90. The number of carbonyl (C=O) groups excluding carboxylic acids is 1. The first-order valence-corrected chi connectivity index (χ1v) is 5.31. The summed E-state index contributed by atoms with van der Waals surface area (Å²) in [6.07, 6.45) is 0. The number of nitrogens with one attached hydrogen (secondary N) is 2. The fraction of sp³-hybridized carbons (Fsp3) is 0.333. The van der Waals surface area contributed by atoms with Gasteiger partial charge in [-0.25, -0.2) is 14.0 Å². The van der Waals surface area contributed by atoms with Gasteiger partial charge < -0.3 is 15.7 Å². The van der Waals surface area contributed by atoms with Gasteiger partial charge in [0.15, 0.2) is 0 Å². The summed E-state index contributed by atoms with van der Waals surface area (Å²) in [5.74, 6) is -1.75. The van der Waals surface area contributed by atoms with Crippen LogP contribution in [0, 0.1) is 12.7 Å². The number of carbonyl (C=O) groups is 2. The second-order valence-electron chi connectivity index (χ2n) is 4.49. The summed E-state index contributed by atoms with van der Waals surface area (Å²) in [5.41, 5.74) is -0.700. The van der Waals surface area contributed by atoms with Crippen LogP contribution in [-0.2, 0) is 4.79 Å². The number of aliphatic carboxylic acids is 1. The lowest BCUT2D eigenvalue weighted by Crippen LogP contribution is -2.51. The number of urea groups is 1. The van der Waals surface area contributed by atoms with Crippen molar-refractivity contribution in [3.05, 3.63) is 29.6 Å². The van der Waals surface area contributed by atoms with E-state index in [-0.39, 0.29) is 5.69 Å². The first-order valence-electron chi connectivity index (χ1n) is 5.31. The molecule has 0 bridgehead atoms. The second kappa shape index (κ2) is 5.03. The number of hydrogen-bond acceptors (Lipinski definition) is 2. The van der Waals surface area contributed by atoms with Gasteiger partial charge in [-0.15, -0.1) is 0 Å². The van der Waals surface area contributed by atoms with E-state index in [1.165, 1.54) is 26.0 Å². The molecule has 0 fully saturated rings. The molecule has 0 saturated carbocycles. The Morgan fingerprint density at radius 2 is 1.94 bits per heavy atom. The SMILES string of the molecule is Cc1ccc(NC(=O)NC(C)(C)C(=O)O)c(F)c1. The molecule has 0 aliphatic rings. The molecule has 1 rings (SSSR count). The fourth-order valence-electron chi connectivity index (χ4n) is 1.21. The largest absolute Gasteiger partial charge is 0.480 e. The normalized spacial score (nSPS) is 10.9. The molecule has 1 aromatic carbocycles. The van der Waals surface area contributed by atoms with Gasteiger partial charge in [-0.2, -0.15) is 0 Å². The smallest absolute Gasteiger partial charge is 0.328 e. The number of anilines is 1. The van der Waals surface area contributed by atoms with Crippen LogP contribution < -0.4 is 10.6 Å². The molecule has 18 heavy (non-hydrogen) atoms. The third-order valence-electron chi connectivity index (χ3n) is 2.33. The number of carboxylic acids is 1. The van der Waals surface area contributed by atoms with Crippen molar-refractivity contribution in [2.75, 3.05) is 5.32 Å². The lowest BCUT2D eigenvalue weighted by atomic mass is 10.1. The zero-order valence-corrected chi connectivity index (χ0v) is 10.4. The van der Waals surface area contributed by atoms with Crippen LogP contribution in [0.1, 0.15) is 19.4 Å². The maximum absolute atomic E-state index is 13.4. The Balaban J connectivity index is 2.74. The van der Waals surface area contributed by atoms with Crippen molar-refractivity contribution >= 4 is 17.7 Å². The molecule has 6 heteroatoms. The Bertz CT molecular complexity index is 486. The molecule has 3 N–H and O–H groups in total. The van der Waals surface area contributed by atoms with E-state index in [1.807, 2.05) is 0 Å². The van der Waals surface area contributed by atoms with Crippen LogP contribution in [0.15, 0.2) is 18.2 Å². The third-order valence-corrected chi connectivity index (χ3v) is 2.33. The van der Waals surface area contributed by atoms with Crippen molar-refractivity contribution in [3.63, 3.8) is 0 Å². The number of halogens is 1. The van der Waals surface area contributed by atoms with E-state index in [1.54, 1.807) is 13.0 Å². The average molecular weight is 254 g/mol. The molecular formula is C12H15FN2O3. The van der Waals surface area contributed by atoms with E-state index in [4.69, 9.17) is 5.11 Å². The van der Waals surface area contributed by atoms with Crippen LogP contribution in [0.4, 0.5) is 14.9 Å². The first-order chi connectivity index (χ1) is 8.22. The summed E-state index contributed by atoms with van der Waals surface area (Å²) in [4.78, 5) is 22.3. The van der Waals surface area contributed by atoms with Crippen molar-refractivity contribution < 1.29 is 19.1 Å². The molecule has 0 aromatic heterocycles. The van der Waals surface area contributed by atoms with E-state index in [9.17, 15) is 14.0 Å². The number of carboxylic acid groups (broad SMARTS) is 1. The van der Waals surface area contributed by atoms with E-state index >= 15 is 0 Å². The van der Waals surface area contributed by atoms with Gasteiger partial charge in [0.25, 0.3) is 0 Å². The summed E-state index contributed by atoms with van der Waals surface area (Å²) >= 11 is 0. The Morgan fingerprint density at radius 1 is 1.33 bits per heavy atom. The Hall–Kier alpha value is -2.11. The molecule has 1 aromatic rings. The minimum absolute atomic E-state index is 0.000659. The van der Waals surface area contributed by atoms with E-state index in [0.717, 1.165) is 5.56 Å². The van der Waals surface area contributed by atoms with Crippen LogP contribution in [0.25, 0.3) is 0 Å². The van der Waals surface area contributed by atoms with Gasteiger partial charge in [0.05, 0.1) is 5.69 Å². The highest BCUT2D eigenvalue weighted by Crippen LogP contribution is 2.15. The Labute approximate surface area is 104 Å². The van der Waals surface area contributed by atoms with Crippen molar-refractivity contribution in [1.29, 1.82) is 0 Å². The van der Waals surface area contributed by atoms with Gasteiger partial charge in [-0.1, -0.05) is 6.07 Å². The van der Waals surface area contributed by atoms with Crippen LogP contribution in [0.3, 0.4) is 0 Å². The summed E-state index contributed by atoms with van der Waals surface area (Å²) in [6.45, 7) is 4.39. The summed E-state index contributed by atoms with van der Waals surface area (Å²) in [6, 6.07) is 3.56. The summed E-state index contributed by atoms with van der Waals surface area (Å²) < 4.78 is 13.4. The summed E-state index contributed by atoms with van der Waals surface area (Å²) in [7, 11) is 0. The highest BCUT2D eigenvalue weighted by molar-refractivity contribution is 5.93. The van der Waals surface area contributed by atoms with Crippen molar-refractivity contribution in [3.8, 4) is 0 Å². The van der Waals surface area contributed by atoms with Crippen LogP contribution in [-0.4, -0.2) is 22.6 Å². The maximum atomic E-state index is 13.4. The van der Waals surface area contributed by atoms with Crippen LogP contribution >= 0.6 is 0 Å². The zero-order chi connectivity index (χ0) is 13.9. The molecular weight excluding hydrogens is 239 g/mol. The average Bonchev–Trinajstić information content (AvgIpc) is 2.21. The number of amides is 2. The quantitative estimate of drug-likeness (QED) is 0.773. The van der Waals surface area contributed by atoms with Crippen molar-refractivity contribution in [2.24, 2.45) is 0 Å². The van der Waals surface area contributed by atoms with Crippen LogP contribution in [0.2, 0.25) is 0 Å². The number of aryl methyl sites for hydroxylation is 1. The highest BCUT2D eigenvalue weighted by atomic mass is 19.1. The van der Waals surface area contributed by atoms with E-state index < -0.39 is 23.4 Å². The van der Waals surface area contributed by atoms with Crippen molar-refractivity contribution in [1.82, 2.24) is 5.32 Å². The number of benzene rings is 1. The molecule has 5 nitrogen and oxygen atoms in total. The topological polar surface area (TPSA) is 78.4 Å². The minimum Gasteiger partial charge on any atom is -0.480 e. The monoisotopic (exact) mass is 254 g/mol. The lowest BCUT2D eigenvalue weighted by molar-refractivity contribution is -0.142. The van der Waals surface area contributed by atoms with E-state index in [0.29, 0.717) is 0 Å². The lowest BCUT2D eigenvalue weighted by Gasteiger charge is -2.21. The molecule has 0 aliphatic heterocycles. The predicted octanol–water partition coefficient (Wildman–Crippen LogP) is 2.12. The molecule has 2 amide bonds. The molecule has 0 atom stereocenters. The van der Waals surface area contributed by atoms with Gasteiger partial charge in [0.1, 0.15) is 11.4 Å². The zero-order valence-electron chi connectivity index (χ0n) is 10.4. The highest BCUT2D eigenvalue weighted by Gasteiger charge is 2.29. The van der Waals surface area contributed by atoms with Gasteiger partial charge in [-0.3, -0.25) is 0 Å². The fourth-order valence-corrected chi connectivity index (χ4v) is 1.21. The van der Waals surface area contributed by atoms with Gasteiger partial charge in [0, 0.05) is 0 Å². The summed E-state index contributed by atoms with van der Waals surface area (Å²) in [5, 5.41) is 13.3. The molecule has 0 saturated heterocycles. The molecule has 0 unspecified atom stereocenters. The third kappa shape index (κ3) is 3.44. The molecule has 0 spiro atoms. The molecule has 0 aliphatic carbocycles. The standard InChI is InChI=1S/C12H15FN2O3/c1-7-4-5-9(8(13)6-7)14-11(18)15-12(2,3)10(16)17/h4-6H,1-3H3,(H,16,17)(H2,14,15,18). The first kappa shape index (κ1) is 14.0. The minimum atomic E-state index is -1.43. The number of rotatable bonds is 3.